The molecule has 0 saturated carbocycles. The predicted octanol–water partition coefficient (Wildman–Crippen LogP) is 2.44. The van der Waals surface area contributed by atoms with Gasteiger partial charge < -0.3 is 25.6 Å². The molecule has 1 fully saturated rings. The first-order valence-corrected chi connectivity index (χ1v) is 11.0. The quantitative estimate of drug-likeness (QED) is 0.596. The van der Waals surface area contributed by atoms with E-state index in [4.69, 9.17) is 10.00 Å². The number of nitriles is 1. The molecule has 0 spiro atoms. The van der Waals surface area contributed by atoms with Crippen LogP contribution < -0.4 is 16.0 Å². The first-order chi connectivity index (χ1) is 16.2. The van der Waals surface area contributed by atoms with Crippen LogP contribution in [0.5, 0.6) is 0 Å². The van der Waals surface area contributed by atoms with Crippen molar-refractivity contribution in [1.82, 2.24) is 30.4 Å². The van der Waals surface area contributed by atoms with Crippen molar-refractivity contribution in [3.8, 4) is 6.07 Å². The normalized spacial score (nSPS) is 16.1. The Hall–Kier alpha value is -4.01. The average Bonchev–Trinajstić information content (AvgIpc) is 3.04. The van der Waals surface area contributed by atoms with E-state index in [1.807, 2.05) is 26.8 Å². The molecule has 3 heterocycles. The fraction of sp³-hybridized carbons (Fsp3) is 0.500. The first kappa shape index (κ1) is 24.6. The molecule has 2 amide bonds. The van der Waals surface area contributed by atoms with Crippen molar-refractivity contribution in [2.24, 2.45) is 0 Å². The van der Waals surface area contributed by atoms with Crippen molar-refractivity contribution in [1.29, 1.82) is 5.26 Å². The van der Waals surface area contributed by atoms with Gasteiger partial charge in [0, 0.05) is 32.2 Å². The summed E-state index contributed by atoms with van der Waals surface area (Å²) in [6.07, 6.45) is 4.71. The number of anilines is 3. The fourth-order valence-electron chi connectivity index (χ4n) is 3.40. The van der Waals surface area contributed by atoms with E-state index in [-0.39, 0.29) is 29.4 Å². The van der Waals surface area contributed by atoms with E-state index in [9.17, 15) is 9.59 Å². The van der Waals surface area contributed by atoms with Crippen LogP contribution in [0, 0.1) is 11.3 Å². The zero-order valence-corrected chi connectivity index (χ0v) is 19.8. The van der Waals surface area contributed by atoms with Crippen LogP contribution in [0.4, 0.5) is 22.1 Å². The highest BCUT2D eigenvalue weighted by atomic mass is 16.6. The minimum Gasteiger partial charge on any atom is -0.444 e. The molecule has 1 aliphatic rings. The van der Waals surface area contributed by atoms with Gasteiger partial charge in [0.25, 0.3) is 5.91 Å². The van der Waals surface area contributed by atoms with Crippen molar-refractivity contribution < 1.29 is 14.3 Å². The number of aromatic nitrogens is 4. The smallest absolute Gasteiger partial charge is 0.410 e. The van der Waals surface area contributed by atoms with Crippen LogP contribution in [0.1, 0.15) is 56.2 Å². The number of carbonyl (C=O) groups excluding carboxylic acids is 2. The molecule has 1 unspecified atom stereocenters. The number of likely N-dealkylation sites (tertiary alicyclic amines) is 1. The summed E-state index contributed by atoms with van der Waals surface area (Å²) >= 11 is 0. The minimum absolute atomic E-state index is 0.0163. The molecule has 3 rings (SSSR count). The molecule has 0 aliphatic carbocycles. The Kier molecular flexibility index (Phi) is 7.78. The summed E-state index contributed by atoms with van der Waals surface area (Å²) in [6, 6.07) is 3.60. The molecule has 0 radical (unpaired) electrons. The Bertz CT molecular complexity index is 1060. The summed E-state index contributed by atoms with van der Waals surface area (Å²) in [6.45, 7) is 6.68. The lowest BCUT2D eigenvalue weighted by atomic mass is 10.1. The number of rotatable bonds is 5. The van der Waals surface area contributed by atoms with Crippen LogP contribution in [-0.4, -0.2) is 68.8 Å². The van der Waals surface area contributed by atoms with Crippen LogP contribution in [-0.2, 0) is 4.74 Å². The summed E-state index contributed by atoms with van der Waals surface area (Å²) < 4.78 is 5.50. The van der Waals surface area contributed by atoms with Crippen molar-refractivity contribution in [3.63, 3.8) is 0 Å². The van der Waals surface area contributed by atoms with Gasteiger partial charge in [-0.1, -0.05) is 0 Å². The van der Waals surface area contributed by atoms with Gasteiger partial charge in [-0.2, -0.15) is 5.26 Å². The molecule has 1 saturated heterocycles. The topological polar surface area (TPSA) is 158 Å². The Morgan fingerprint density at radius 1 is 1.15 bits per heavy atom. The van der Waals surface area contributed by atoms with Gasteiger partial charge in [0.05, 0.1) is 18.1 Å². The number of hydrogen-bond acceptors (Lipinski definition) is 10. The van der Waals surface area contributed by atoms with Crippen LogP contribution in [0.15, 0.2) is 18.5 Å². The lowest BCUT2D eigenvalue weighted by Gasteiger charge is -2.26. The molecular formula is C22H29N9O3. The number of carbonyl (C=O) groups is 2. The molecule has 1 atom stereocenters. The number of hydrogen-bond donors (Lipinski definition) is 3. The molecule has 34 heavy (non-hydrogen) atoms. The number of ether oxygens (including phenoxy) is 1. The third kappa shape index (κ3) is 6.74. The highest BCUT2D eigenvalue weighted by Crippen LogP contribution is 2.23. The Morgan fingerprint density at radius 2 is 1.94 bits per heavy atom. The van der Waals surface area contributed by atoms with E-state index in [2.05, 4.69) is 36.1 Å². The lowest BCUT2D eigenvalue weighted by Crippen LogP contribution is -2.37. The third-order valence-electron chi connectivity index (χ3n) is 5.00. The predicted molar refractivity (Wildman–Crippen MR) is 125 cm³/mol. The monoisotopic (exact) mass is 467 g/mol. The molecule has 2 aromatic rings. The van der Waals surface area contributed by atoms with Gasteiger partial charge in [0.15, 0.2) is 17.2 Å². The molecule has 12 nitrogen and oxygen atoms in total. The molecule has 2 aromatic heterocycles. The number of nitrogens with zero attached hydrogens (tertiary/aromatic N) is 6. The van der Waals surface area contributed by atoms with Gasteiger partial charge in [0.2, 0.25) is 0 Å². The maximum Gasteiger partial charge on any atom is 0.410 e. The second kappa shape index (κ2) is 10.7. The van der Waals surface area contributed by atoms with Crippen molar-refractivity contribution in [3.05, 3.63) is 29.8 Å². The van der Waals surface area contributed by atoms with Gasteiger partial charge in [-0.15, -0.1) is 10.2 Å². The third-order valence-corrected chi connectivity index (χ3v) is 5.00. The average molecular weight is 468 g/mol. The van der Waals surface area contributed by atoms with Gasteiger partial charge in [0.1, 0.15) is 17.5 Å². The molecule has 3 N–H and O–H groups in total. The summed E-state index contributed by atoms with van der Waals surface area (Å²) in [7, 11) is 1.52. The van der Waals surface area contributed by atoms with Gasteiger partial charge in [-0.25, -0.2) is 14.8 Å². The molecule has 1 aliphatic heterocycles. The van der Waals surface area contributed by atoms with Crippen LogP contribution in [0.2, 0.25) is 0 Å². The van der Waals surface area contributed by atoms with Crippen LogP contribution in [0.3, 0.4) is 0 Å². The first-order valence-electron chi connectivity index (χ1n) is 11.0. The number of nitrogens with one attached hydrogen (secondary N) is 3. The summed E-state index contributed by atoms with van der Waals surface area (Å²) in [5.41, 5.74) is 0.318. The van der Waals surface area contributed by atoms with E-state index < -0.39 is 5.60 Å². The Morgan fingerprint density at radius 3 is 2.59 bits per heavy atom. The van der Waals surface area contributed by atoms with E-state index in [1.54, 1.807) is 11.0 Å². The van der Waals surface area contributed by atoms with Gasteiger partial charge >= 0.3 is 6.09 Å². The van der Waals surface area contributed by atoms with Crippen LogP contribution in [0.25, 0.3) is 0 Å². The largest absolute Gasteiger partial charge is 0.444 e. The van der Waals surface area contributed by atoms with Crippen molar-refractivity contribution in [2.75, 3.05) is 30.8 Å². The second-order valence-corrected chi connectivity index (χ2v) is 8.83. The number of amides is 2. The minimum atomic E-state index is -0.547. The van der Waals surface area contributed by atoms with E-state index in [0.717, 1.165) is 12.8 Å². The molecular weight excluding hydrogens is 438 g/mol. The second-order valence-electron chi connectivity index (χ2n) is 8.83. The lowest BCUT2D eigenvalue weighted by molar-refractivity contribution is 0.0256. The Labute approximate surface area is 198 Å². The zero-order valence-electron chi connectivity index (χ0n) is 19.8. The van der Waals surface area contributed by atoms with Gasteiger partial charge in [-0.3, -0.25) is 4.79 Å². The Balaban J connectivity index is 1.73. The zero-order chi connectivity index (χ0) is 24.7. The van der Waals surface area contributed by atoms with Crippen molar-refractivity contribution >= 4 is 29.3 Å². The van der Waals surface area contributed by atoms with E-state index >= 15 is 0 Å². The fourth-order valence-corrected chi connectivity index (χ4v) is 3.40. The SMILES string of the molecule is CNC(=O)c1nnc(Nc2cnc(C#N)cn2)cc1NC1CCCN(C(=O)OC(C)(C)C)CC1. The standard InChI is InChI=1S/C22H29N9O3/c1-22(2,3)34-21(33)31-8-5-6-14(7-9-31)27-16-10-17(29-30-19(16)20(32)24-4)28-18-13-25-15(11-23)12-26-18/h10,12-14H,5-9H2,1-4H3,(H,24,32)(H2,26,27,28,29). The molecule has 0 bridgehead atoms. The van der Waals surface area contributed by atoms with Crippen LogP contribution >= 0.6 is 0 Å². The van der Waals surface area contributed by atoms with E-state index in [0.29, 0.717) is 36.8 Å². The molecule has 180 valence electrons. The maximum atomic E-state index is 12.4. The summed E-state index contributed by atoms with van der Waals surface area (Å²) in [5.74, 6) is 0.372. The molecule has 12 heteroatoms. The highest BCUT2D eigenvalue weighted by Gasteiger charge is 2.26. The summed E-state index contributed by atoms with van der Waals surface area (Å²) in [4.78, 5) is 34.6. The van der Waals surface area contributed by atoms with E-state index in [1.165, 1.54) is 19.4 Å². The highest BCUT2D eigenvalue weighted by molar-refractivity contribution is 5.97. The van der Waals surface area contributed by atoms with Gasteiger partial charge in [-0.05, 0) is 40.0 Å². The van der Waals surface area contributed by atoms with Crippen molar-refractivity contribution in [2.45, 2.75) is 51.7 Å². The molecule has 0 aromatic carbocycles. The maximum absolute atomic E-state index is 12.4. The summed E-state index contributed by atoms with van der Waals surface area (Å²) in [5, 5.41) is 25.9.